The predicted molar refractivity (Wildman–Crippen MR) is 145 cm³/mol. The van der Waals surface area contributed by atoms with Crippen molar-refractivity contribution < 1.29 is 14.2 Å². The molecule has 0 atom stereocenters. The highest BCUT2D eigenvalue weighted by Crippen LogP contribution is 2.30. The van der Waals surface area contributed by atoms with Gasteiger partial charge in [0, 0.05) is 19.6 Å². The van der Waals surface area contributed by atoms with Gasteiger partial charge in [-0.05, 0) is 66.1 Å². The number of hydrogen-bond acceptors (Lipinski definition) is 5. The lowest BCUT2D eigenvalue weighted by atomic mass is 10.1. The smallest absolute Gasteiger partial charge is 0.161 e. The van der Waals surface area contributed by atoms with Crippen molar-refractivity contribution in [3.63, 3.8) is 0 Å². The number of nitrogens with zero attached hydrogens (tertiary/aromatic N) is 1. The van der Waals surface area contributed by atoms with E-state index in [1.165, 1.54) is 5.56 Å². The van der Waals surface area contributed by atoms with E-state index in [1.807, 2.05) is 66.7 Å². The highest BCUT2D eigenvalue weighted by molar-refractivity contribution is 5.43. The van der Waals surface area contributed by atoms with Crippen molar-refractivity contribution >= 4 is 0 Å². The third-order valence-corrected chi connectivity index (χ3v) is 5.83. The number of rotatable bonds is 13. The normalized spacial score (nSPS) is 10.9. The van der Waals surface area contributed by atoms with Crippen molar-refractivity contribution in [2.45, 2.75) is 26.1 Å². The van der Waals surface area contributed by atoms with E-state index in [1.54, 1.807) is 7.11 Å². The third-order valence-electron chi connectivity index (χ3n) is 5.83. The van der Waals surface area contributed by atoms with Gasteiger partial charge in [0.05, 0.1) is 7.11 Å². The molecule has 0 unspecified atom stereocenters. The van der Waals surface area contributed by atoms with Gasteiger partial charge in [-0.3, -0.25) is 4.90 Å². The molecule has 2 N–H and O–H groups in total. The molecule has 0 saturated heterocycles. The average Bonchev–Trinajstić information content (AvgIpc) is 2.92. The molecule has 4 aromatic rings. The molecule has 4 aromatic carbocycles. The summed E-state index contributed by atoms with van der Waals surface area (Å²) >= 11 is 0. The average molecular weight is 483 g/mol. The molecule has 0 bridgehead atoms. The summed E-state index contributed by atoms with van der Waals surface area (Å²) in [5.41, 5.74) is 9.31. The summed E-state index contributed by atoms with van der Waals surface area (Å²) < 4.78 is 17.7. The molecule has 5 heteroatoms. The van der Waals surface area contributed by atoms with E-state index in [9.17, 15) is 0 Å². The molecular weight excluding hydrogens is 448 g/mol. The lowest BCUT2D eigenvalue weighted by molar-refractivity contribution is 0.253. The van der Waals surface area contributed by atoms with Crippen molar-refractivity contribution in [2.75, 3.05) is 20.2 Å². The minimum Gasteiger partial charge on any atom is -0.493 e. The zero-order valence-electron chi connectivity index (χ0n) is 20.8. The largest absolute Gasteiger partial charge is 0.493 e. The Hall–Kier alpha value is -3.80. The first kappa shape index (κ1) is 25.3. The summed E-state index contributed by atoms with van der Waals surface area (Å²) in [6.45, 7) is 3.62. The summed E-state index contributed by atoms with van der Waals surface area (Å²) in [6.07, 6.45) is 0.926. The Kier molecular flexibility index (Phi) is 9.37. The van der Waals surface area contributed by atoms with Crippen LogP contribution in [0.25, 0.3) is 0 Å². The van der Waals surface area contributed by atoms with E-state index >= 15 is 0 Å². The van der Waals surface area contributed by atoms with Gasteiger partial charge in [0.15, 0.2) is 11.5 Å². The van der Waals surface area contributed by atoms with Gasteiger partial charge in [-0.2, -0.15) is 0 Å². The molecule has 0 fully saturated rings. The molecular formula is C31H34N2O3. The minimum absolute atomic E-state index is 0.501. The van der Waals surface area contributed by atoms with Crippen LogP contribution >= 0.6 is 0 Å². The first-order chi connectivity index (χ1) is 17.7. The summed E-state index contributed by atoms with van der Waals surface area (Å²) in [5.74, 6) is 3.14. The van der Waals surface area contributed by atoms with Gasteiger partial charge in [0.2, 0.25) is 0 Å². The molecule has 0 aliphatic heterocycles. The van der Waals surface area contributed by atoms with E-state index in [-0.39, 0.29) is 0 Å². The second kappa shape index (κ2) is 13.3. The van der Waals surface area contributed by atoms with Crippen LogP contribution in [0.5, 0.6) is 23.0 Å². The maximum Gasteiger partial charge on any atom is 0.161 e. The van der Waals surface area contributed by atoms with Crippen LogP contribution in [-0.2, 0) is 19.7 Å². The third kappa shape index (κ3) is 7.60. The zero-order valence-corrected chi connectivity index (χ0v) is 20.8. The van der Waals surface area contributed by atoms with E-state index in [0.29, 0.717) is 13.2 Å². The fraction of sp³-hybridized carbons (Fsp3) is 0.226. The van der Waals surface area contributed by atoms with Crippen LogP contribution in [-0.4, -0.2) is 25.1 Å². The van der Waals surface area contributed by atoms with Gasteiger partial charge in [-0.15, -0.1) is 0 Å². The number of methoxy groups -OCH3 is 1. The molecule has 0 heterocycles. The molecule has 186 valence electrons. The first-order valence-electron chi connectivity index (χ1n) is 12.3. The van der Waals surface area contributed by atoms with Crippen molar-refractivity contribution in [3.8, 4) is 23.0 Å². The van der Waals surface area contributed by atoms with E-state index in [2.05, 4.69) is 41.3 Å². The van der Waals surface area contributed by atoms with Gasteiger partial charge < -0.3 is 19.9 Å². The Labute approximate surface area is 214 Å². The molecule has 4 rings (SSSR count). The van der Waals surface area contributed by atoms with Crippen LogP contribution in [0.15, 0.2) is 103 Å². The van der Waals surface area contributed by atoms with Gasteiger partial charge in [0.1, 0.15) is 18.1 Å². The van der Waals surface area contributed by atoms with Gasteiger partial charge in [0.25, 0.3) is 0 Å². The summed E-state index contributed by atoms with van der Waals surface area (Å²) in [7, 11) is 1.68. The Bertz CT molecular complexity index is 1200. The fourth-order valence-corrected chi connectivity index (χ4v) is 4.04. The lowest BCUT2D eigenvalue weighted by Crippen LogP contribution is -2.25. The summed E-state index contributed by atoms with van der Waals surface area (Å²) in [6, 6.07) is 34.4. The van der Waals surface area contributed by atoms with Crippen molar-refractivity contribution in [1.29, 1.82) is 0 Å². The van der Waals surface area contributed by atoms with Crippen molar-refractivity contribution in [3.05, 3.63) is 120 Å². The number of nitrogens with two attached hydrogens (primary N) is 1. The predicted octanol–water partition coefficient (Wildman–Crippen LogP) is 6.42. The SMILES string of the molecule is COc1cc(CN(CCCN)Cc2cccc(Oc3ccccc3)c2)ccc1OCc1ccccc1. The molecule has 0 saturated carbocycles. The van der Waals surface area contributed by atoms with Crippen LogP contribution in [0.3, 0.4) is 0 Å². The standard InChI is InChI=1S/C31H34N2O3/c1-34-31-21-27(16-17-30(31)35-24-25-10-4-2-5-11-25)23-33(19-9-18-32)22-26-12-8-15-29(20-26)36-28-13-6-3-7-14-28/h2-8,10-17,20-21H,9,18-19,22-24,32H2,1H3. The molecule has 0 radical (unpaired) electrons. The van der Waals surface area contributed by atoms with Crippen LogP contribution in [0.2, 0.25) is 0 Å². The van der Waals surface area contributed by atoms with Crippen molar-refractivity contribution in [1.82, 2.24) is 4.90 Å². The van der Waals surface area contributed by atoms with Gasteiger partial charge in [-0.1, -0.05) is 66.7 Å². The van der Waals surface area contributed by atoms with Gasteiger partial charge >= 0.3 is 0 Å². The van der Waals surface area contributed by atoms with E-state index in [4.69, 9.17) is 19.9 Å². The fourth-order valence-electron chi connectivity index (χ4n) is 4.04. The van der Waals surface area contributed by atoms with Gasteiger partial charge in [-0.25, -0.2) is 0 Å². The molecule has 0 spiro atoms. The molecule has 0 amide bonds. The number of benzene rings is 4. The lowest BCUT2D eigenvalue weighted by Gasteiger charge is -2.23. The van der Waals surface area contributed by atoms with Crippen LogP contribution in [0.4, 0.5) is 0 Å². The van der Waals surface area contributed by atoms with Crippen LogP contribution < -0.4 is 19.9 Å². The summed E-state index contributed by atoms with van der Waals surface area (Å²) in [4.78, 5) is 2.40. The molecule has 0 aliphatic carbocycles. The Balaban J connectivity index is 1.43. The number of para-hydroxylation sites is 1. The maximum atomic E-state index is 6.03. The Morgan fingerprint density at radius 1 is 0.667 bits per heavy atom. The first-order valence-corrected chi connectivity index (χ1v) is 12.3. The quantitative estimate of drug-likeness (QED) is 0.238. The Morgan fingerprint density at radius 3 is 2.06 bits per heavy atom. The zero-order chi connectivity index (χ0) is 25.0. The monoisotopic (exact) mass is 482 g/mol. The number of hydrogen-bond donors (Lipinski definition) is 1. The maximum absolute atomic E-state index is 6.03. The summed E-state index contributed by atoms with van der Waals surface area (Å²) in [5, 5.41) is 0. The van der Waals surface area contributed by atoms with Crippen molar-refractivity contribution in [2.24, 2.45) is 5.73 Å². The molecule has 36 heavy (non-hydrogen) atoms. The highest BCUT2D eigenvalue weighted by atomic mass is 16.5. The van der Waals surface area contributed by atoms with E-state index < -0.39 is 0 Å². The van der Waals surface area contributed by atoms with Crippen LogP contribution in [0, 0.1) is 0 Å². The topological polar surface area (TPSA) is 57.0 Å². The highest BCUT2D eigenvalue weighted by Gasteiger charge is 2.12. The minimum atomic E-state index is 0.501. The molecule has 0 aromatic heterocycles. The molecule has 5 nitrogen and oxygen atoms in total. The number of ether oxygens (including phenoxy) is 3. The second-order valence-electron chi connectivity index (χ2n) is 8.67. The van der Waals surface area contributed by atoms with Crippen LogP contribution in [0.1, 0.15) is 23.1 Å². The van der Waals surface area contributed by atoms with E-state index in [0.717, 1.165) is 60.2 Å². The Morgan fingerprint density at radius 2 is 1.33 bits per heavy atom. The second-order valence-corrected chi connectivity index (χ2v) is 8.67. The molecule has 0 aliphatic rings.